The van der Waals surface area contributed by atoms with Crippen molar-refractivity contribution in [3.05, 3.63) is 58.7 Å². The number of ether oxygens (including phenoxy) is 1. The number of halogens is 10. The van der Waals surface area contributed by atoms with Crippen molar-refractivity contribution in [3.63, 3.8) is 0 Å². The van der Waals surface area contributed by atoms with E-state index in [4.69, 9.17) is 0 Å². The third-order valence-corrected chi connectivity index (χ3v) is 7.36. The summed E-state index contributed by atoms with van der Waals surface area (Å²) < 4.78 is 163. The van der Waals surface area contributed by atoms with Crippen LogP contribution in [0.1, 0.15) is 45.7 Å². The minimum Gasteiger partial charge on any atom is -0.465 e. The summed E-state index contributed by atoms with van der Waals surface area (Å²) in [5, 5.41) is 0. The van der Waals surface area contributed by atoms with Crippen LogP contribution in [0.4, 0.5) is 49.6 Å². The minimum absolute atomic E-state index is 0.0822. The number of hydrogen-bond acceptors (Lipinski definition) is 6. The van der Waals surface area contributed by atoms with Crippen LogP contribution in [0.25, 0.3) is 0 Å². The molecule has 0 spiro atoms. The molecule has 0 radical (unpaired) electrons. The second-order valence-electron chi connectivity index (χ2n) is 8.15. The molecule has 0 N–H and O–H groups in total. The number of rotatable bonds is 6. The topological polar surface area (TPSA) is 97.8 Å². The van der Waals surface area contributed by atoms with Gasteiger partial charge in [-0.25, -0.2) is 22.5 Å². The maximum Gasteiger partial charge on any atom is 0.435 e. The zero-order valence-electron chi connectivity index (χ0n) is 20.8. The number of alkyl halides is 10. The SMILES string of the molecule is CCS(=O)(=O)c1cc(C(F)(F)F)ccc1C(=O)N(C(C)=O)c1ccc(C(F)(C(F)(F)F)C(F)(F)F)cc1C(=O)OC. The molecule has 0 unspecified atom stereocenters. The Labute approximate surface area is 224 Å². The van der Waals surface area contributed by atoms with E-state index in [-0.39, 0.29) is 35.2 Å². The number of sulfone groups is 1. The highest BCUT2D eigenvalue weighted by atomic mass is 32.2. The van der Waals surface area contributed by atoms with Crippen LogP contribution in [-0.4, -0.2) is 51.4 Å². The van der Waals surface area contributed by atoms with Gasteiger partial charge in [0.25, 0.3) is 5.91 Å². The van der Waals surface area contributed by atoms with Gasteiger partial charge in [0.1, 0.15) is 0 Å². The van der Waals surface area contributed by atoms with Crippen LogP contribution < -0.4 is 4.90 Å². The molecule has 0 aliphatic heterocycles. The molecular weight excluding hydrogens is 608 g/mol. The molecule has 7 nitrogen and oxygen atoms in total. The van der Waals surface area contributed by atoms with E-state index >= 15 is 0 Å². The van der Waals surface area contributed by atoms with Gasteiger partial charge in [0, 0.05) is 12.5 Å². The molecule has 41 heavy (non-hydrogen) atoms. The van der Waals surface area contributed by atoms with Gasteiger partial charge in [0.2, 0.25) is 5.91 Å². The fraction of sp³-hybridized carbons (Fsp3) is 0.348. The Bertz CT molecular complexity index is 1470. The third kappa shape index (κ3) is 6.15. The lowest BCUT2D eigenvalue weighted by Gasteiger charge is -2.31. The summed E-state index contributed by atoms with van der Waals surface area (Å²) in [5.41, 5.74) is -13.3. The fourth-order valence-corrected chi connectivity index (χ4v) is 4.65. The van der Waals surface area contributed by atoms with E-state index in [0.717, 1.165) is 6.92 Å². The summed E-state index contributed by atoms with van der Waals surface area (Å²) in [7, 11) is -4.04. The summed E-state index contributed by atoms with van der Waals surface area (Å²) in [6.45, 7) is 1.60. The van der Waals surface area contributed by atoms with Crippen molar-refractivity contribution in [1.82, 2.24) is 0 Å². The first kappa shape index (κ1) is 33.5. The van der Waals surface area contributed by atoms with Gasteiger partial charge in [0.05, 0.1) is 40.1 Å². The molecule has 0 saturated heterocycles. The zero-order chi connectivity index (χ0) is 31.9. The van der Waals surface area contributed by atoms with Gasteiger partial charge in [-0.2, -0.15) is 39.5 Å². The summed E-state index contributed by atoms with van der Waals surface area (Å²) in [5.74, 6) is -5.77. The number of hydrogen-bond donors (Lipinski definition) is 0. The van der Waals surface area contributed by atoms with Gasteiger partial charge in [-0.3, -0.25) is 9.59 Å². The first-order chi connectivity index (χ1) is 18.5. The van der Waals surface area contributed by atoms with Crippen LogP contribution in [0.2, 0.25) is 0 Å². The van der Waals surface area contributed by atoms with Crippen molar-refractivity contribution in [2.45, 2.75) is 42.9 Å². The van der Waals surface area contributed by atoms with Crippen molar-refractivity contribution < 1.29 is 71.4 Å². The van der Waals surface area contributed by atoms with Crippen LogP contribution >= 0.6 is 0 Å². The van der Waals surface area contributed by atoms with E-state index in [1.807, 2.05) is 0 Å². The van der Waals surface area contributed by atoms with Crippen molar-refractivity contribution in [1.29, 1.82) is 0 Å². The van der Waals surface area contributed by atoms with Crippen molar-refractivity contribution in [3.8, 4) is 0 Å². The maximum atomic E-state index is 14.6. The van der Waals surface area contributed by atoms with Gasteiger partial charge >= 0.3 is 30.2 Å². The predicted molar refractivity (Wildman–Crippen MR) is 119 cm³/mol. The lowest BCUT2D eigenvalue weighted by atomic mass is 9.91. The average Bonchev–Trinajstić information content (AvgIpc) is 2.85. The number of benzene rings is 2. The summed E-state index contributed by atoms with van der Waals surface area (Å²) in [4.78, 5) is 36.9. The van der Waals surface area contributed by atoms with Crippen LogP contribution in [0, 0.1) is 0 Å². The molecule has 0 heterocycles. The van der Waals surface area contributed by atoms with E-state index in [9.17, 15) is 66.7 Å². The molecule has 0 aliphatic carbocycles. The third-order valence-electron chi connectivity index (χ3n) is 5.59. The van der Waals surface area contributed by atoms with Crippen LogP contribution in [0.5, 0.6) is 0 Å². The first-order valence-corrected chi connectivity index (χ1v) is 12.4. The molecule has 0 aliphatic rings. The molecule has 0 atom stereocenters. The lowest BCUT2D eigenvalue weighted by molar-refractivity contribution is -0.348. The molecule has 0 aromatic heterocycles. The number of carbonyl (C=O) groups is 3. The van der Waals surface area contributed by atoms with E-state index in [1.165, 1.54) is 0 Å². The second-order valence-corrected chi connectivity index (χ2v) is 10.4. The van der Waals surface area contributed by atoms with Gasteiger partial charge in [-0.05, 0) is 30.3 Å². The first-order valence-electron chi connectivity index (χ1n) is 10.8. The standard InChI is InChI=1S/C23H17F10NO6S/c1-4-41(38,39)17-10-13(21(25,26)27)5-7-14(17)18(36)34(11(2)35)16-8-6-12(9-15(16)19(37)40-3)20(24,22(28,29)30)23(31,32)33/h5-10H,4H2,1-3H3. The number of methoxy groups -OCH3 is 1. The van der Waals surface area contributed by atoms with Gasteiger partial charge in [-0.15, -0.1) is 0 Å². The predicted octanol–water partition coefficient (Wildman–Crippen LogP) is 5.77. The second kappa shape index (κ2) is 10.9. The maximum absolute atomic E-state index is 14.6. The van der Waals surface area contributed by atoms with Crippen molar-refractivity contribution in [2.24, 2.45) is 0 Å². The summed E-state index contributed by atoms with van der Waals surface area (Å²) >= 11 is 0. The molecule has 18 heteroatoms. The quantitative estimate of drug-likeness (QED) is 0.299. The Hall–Kier alpha value is -3.70. The van der Waals surface area contributed by atoms with Gasteiger partial charge in [-0.1, -0.05) is 13.0 Å². The Kier molecular flexibility index (Phi) is 8.94. The smallest absolute Gasteiger partial charge is 0.435 e. The molecule has 2 aromatic carbocycles. The molecule has 226 valence electrons. The summed E-state index contributed by atoms with van der Waals surface area (Å²) in [6.07, 6.45) is -18.3. The molecule has 2 rings (SSSR count). The number of nitrogens with zero attached hydrogens (tertiary/aromatic N) is 1. The largest absolute Gasteiger partial charge is 0.465 e. The Morgan fingerprint density at radius 3 is 1.73 bits per heavy atom. The van der Waals surface area contributed by atoms with E-state index in [0.29, 0.717) is 20.1 Å². The molecule has 2 amide bonds. The monoisotopic (exact) mass is 625 g/mol. The number of amides is 2. The highest BCUT2D eigenvalue weighted by Gasteiger charge is 2.73. The van der Waals surface area contributed by atoms with Gasteiger partial charge < -0.3 is 4.74 Å². The summed E-state index contributed by atoms with van der Waals surface area (Å²) in [6, 6.07) is 0.470. The van der Waals surface area contributed by atoms with Crippen molar-refractivity contribution >= 4 is 33.3 Å². The van der Waals surface area contributed by atoms with Gasteiger partial charge in [0.15, 0.2) is 9.84 Å². The molecule has 2 aromatic rings. The number of carbonyl (C=O) groups excluding carboxylic acids is 3. The number of imide groups is 1. The average molecular weight is 625 g/mol. The zero-order valence-corrected chi connectivity index (χ0v) is 21.6. The lowest BCUT2D eigenvalue weighted by Crippen LogP contribution is -2.50. The highest BCUT2D eigenvalue weighted by molar-refractivity contribution is 7.91. The highest BCUT2D eigenvalue weighted by Crippen LogP contribution is 2.53. The Morgan fingerprint density at radius 2 is 1.32 bits per heavy atom. The fourth-order valence-electron chi connectivity index (χ4n) is 3.54. The van der Waals surface area contributed by atoms with Crippen LogP contribution in [0.15, 0.2) is 41.3 Å². The normalized spacial score (nSPS) is 13.1. The molecule has 0 bridgehead atoms. The molecule has 0 saturated carbocycles. The molecular formula is C23H17F10NO6S. The number of anilines is 1. The van der Waals surface area contributed by atoms with E-state index in [2.05, 4.69) is 4.74 Å². The number of esters is 1. The Balaban J connectivity index is 2.93. The van der Waals surface area contributed by atoms with Crippen LogP contribution in [-0.2, 0) is 31.2 Å². The van der Waals surface area contributed by atoms with E-state index < -0.39 is 90.4 Å². The Morgan fingerprint density at radius 1 is 0.805 bits per heavy atom. The van der Waals surface area contributed by atoms with Crippen LogP contribution in [0.3, 0.4) is 0 Å². The minimum atomic E-state index is -6.61. The molecule has 0 fully saturated rings. The van der Waals surface area contributed by atoms with E-state index in [1.54, 1.807) is 0 Å². The van der Waals surface area contributed by atoms with Crippen molar-refractivity contribution in [2.75, 3.05) is 17.8 Å².